The first-order valence-electron chi connectivity index (χ1n) is 5.95. The first-order chi connectivity index (χ1) is 9.45. The molecule has 0 fully saturated rings. The quantitative estimate of drug-likeness (QED) is 0.830. The van der Waals surface area contributed by atoms with Gasteiger partial charge in [0.1, 0.15) is 0 Å². The van der Waals surface area contributed by atoms with Crippen molar-refractivity contribution in [3.63, 3.8) is 0 Å². The van der Waals surface area contributed by atoms with Crippen LogP contribution in [0.25, 0.3) is 0 Å². The van der Waals surface area contributed by atoms with Crippen molar-refractivity contribution in [2.75, 3.05) is 5.32 Å². The van der Waals surface area contributed by atoms with Crippen LogP contribution in [0.4, 0.5) is 5.69 Å². The van der Waals surface area contributed by atoms with Gasteiger partial charge in [0.15, 0.2) is 0 Å². The number of carbonyl (C=O) groups excluding carboxylic acids is 1. The smallest absolute Gasteiger partial charge is 0.228 e. The molecule has 2 nitrogen and oxygen atoms in total. The molecule has 0 spiro atoms. The first kappa shape index (κ1) is 15.2. The van der Waals surface area contributed by atoms with E-state index in [4.69, 9.17) is 34.8 Å². The second-order valence-corrected chi connectivity index (χ2v) is 5.68. The van der Waals surface area contributed by atoms with Crippen molar-refractivity contribution in [1.82, 2.24) is 0 Å². The summed E-state index contributed by atoms with van der Waals surface area (Å²) in [5, 5.41) is 4.52. The molecule has 0 aliphatic rings. The fraction of sp³-hybridized carbons (Fsp3) is 0.133. The van der Waals surface area contributed by atoms with Gasteiger partial charge in [-0.3, -0.25) is 4.79 Å². The van der Waals surface area contributed by atoms with Crippen LogP contribution in [0.5, 0.6) is 0 Å². The molecule has 0 aliphatic heterocycles. The van der Waals surface area contributed by atoms with Crippen molar-refractivity contribution in [3.05, 3.63) is 62.6 Å². The predicted molar refractivity (Wildman–Crippen MR) is 85.0 cm³/mol. The van der Waals surface area contributed by atoms with Crippen LogP contribution in [-0.4, -0.2) is 5.91 Å². The van der Waals surface area contributed by atoms with Crippen molar-refractivity contribution in [2.24, 2.45) is 0 Å². The Bertz CT molecular complexity index is 656. The maximum absolute atomic E-state index is 12.0. The van der Waals surface area contributed by atoms with Crippen LogP contribution in [0.3, 0.4) is 0 Å². The van der Waals surface area contributed by atoms with Gasteiger partial charge in [0, 0.05) is 20.8 Å². The topological polar surface area (TPSA) is 29.1 Å². The SMILES string of the molecule is Cc1cc(NC(=O)Cc2ccc(Cl)cc2Cl)ccc1Cl. The van der Waals surface area contributed by atoms with Gasteiger partial charge in [0.25, 0.3) is 0 Å². The fourth-order valence-electron chi connectivity index (χ4n) is 1.77. The largest absolute Gasteiger partial charge is 0.326 e. The molecule has 0 saturated heterocycles. The highest BCUT2D eigenvalue weighted by Gasteiger charge is 2.08. The molecule has 5 heteroatoms. The summed E-state index contributed by atoms with van der Waals surface area (Å²) in [4.78, 5) is 12.0. The van der Waals surface area contributed by atoms with E-state index >= 15 is 0 Å². The number of rotatable bonds is 3. The summed E-state index contributed by atoms with van der Waals surface area (Å²) in [5.41, 5.74) is 2.36. The van der Waals surface area contributed by atoms with Crippen LogP contribution in [-0.2, 0) is 11.2 Å². The van der Waals surface area contributed by atoms with Gasteiger partial charge in [0.2, 0.25) is 5.91 Å². The van der Waals surface area contributed by atoms with Crippen LogP contribution < -0.4 is 5.32 Å². The van der Waals surface area contributed by atoms with E-state index in [1.807, 2.05) is 13.0 Å². The molecule has 2 aromatic carbocycles. The van der Waals surface area contributed by atoms with E-state index in [0.29, 0.717) is 20.8 Å². The molecule has 0 bridgehead atoms. The average molecular weight is 329 g/mol. The van der Waals surface area contributed by atoms with E-state index in [1.54, 1.807) is 30.3 Å². The highest BCUT2D eigenvalue weighted by Crippen LogP contribution is 2.22. The molecule has 0 unspecified atom stereocenters. The minimum atomic E-state index is -0.143. The van der Waals surface area contributed by atoms with Crippen molar-refractivity contribution in [3.8, 4) is 0 Å². The molecular weight excluding hydrogens is 317 g/mol. The number of benzene rings is 2. The number of amides is 1. The van der Waals surface area contributed by atoms with E-state index in [-0.39, 0.29) is 12.3 Å². The Balaban J connectivity index is 2.07. The average Bonchev–Trinajstić information content (AvgIpc) is 2.37. The van der Waals surface area contributed by atoms with Gasteiger partial charge in [-0.25, -0.2) is 0 Å². The number of hydrogen-bond donors (Lipinski definition) is 1. The monoisotopic (exact) mass is 327 g/mol. The summed E-state index contributed by atoms with van der Waals surface area (Å²) in [5.74, 6) is -0.143. The molecule has 2 rings (SSSR count). The Labute approximate surface area is 132 Å². The summed E-state index contributed by atoms with van der Waals surface area (Å²) >= 11 is 17.8. The van der Waals surface area contributed by atoms with Crippen LogP contribution >= 0.6 is 34.8 Å². The number of hydrogen-bond acceptors (Lipinski definition) is 1. The third kappa shape index (κ3) is 3.89. The Morgan fingerprint density at radius 2 is 1.80 bits per heavy atom. The van der Waals surface area contributed by atoms with E-state index in [1.165, 1.54) is 0 Å². The van der Waals surface area contributed by atoms with Gasteiger partial charge in [-0.05, 0) is 48.4 Å². The Morgan fingerprint density at radius 3 is 2.45 bits per heavy atom. The number of nitrogens with one attached hydrogen (secondary N) is 1. The second kappa shape index (κ2) is 6.49. The number of anilines is 1. The number of aryl methyl sites for hydroxylation is 1. The maximum Gasteiger partial charge on any atom is 0.228 e. The van der Waals surface area contributed by atoms with E-state index in [2.05, 4.69) is 5.32 Å². The van der Waals surface area contributed by atoms with Crippen LogP contribution in [0.2, 0.25) is 15.1 Å². The molecular formula is C15H12Cl3NO. The van der Waals surface area contributed by atoms with E-state index in [0.717, 1.165) is 11.1 Å². The van der Waals surface area contributed by atoms with Gasteiger partial charge < -0.3 is 5.32 Å². The van der Waals surface area contributed by atoms with E-state index in [9.17, 15) is 4.79 Å². The highest BCUT2D eigenvalue weighted by molar-refractivity contribution is 6.35. The number of halogens is 3. The third-order valence-electron chi connectivity index (χ3n) is 2.81. The minimum absolute atomic E-state index is 0.143. The zero-order valence-electron chi connectivity index (χ0n) is 10.7. The van der Waals surface area contributed by atoms with Gasteiger partial charge >= 0.3 is 0 Å². The molecule has 2 aromatic rings. The summed E-state index contributed by atoms with van der Waals surface area (Å²) in [6.07, 6.45) is 0.192. The zero-order chi connectivity index (χ0) is 14.7. The lowest BCUT2D eigenvalue weighted by atomic mass is 10.1. The molecule has 0 aromatic heterocycles. The van der Waals surface area contributed by atoms with Crippen molar-refractivity contribution >= 4 is 46.4 Å². The van der Waals surface area contributed by atoms with Crippen LogP contribution in [0.15, 0.2) is 36.4 Å². The lowest BCUT2D eigenvalue weighted by Crippen LogP contribution is -2.14. The van der Waals surface area contributed by atoms with Crippen molar-refractivity contribution in [1.29, 1.82) is 0 Å². The molecule has 0 heterocycles. The summed E-state index contributed by atoms with van der Waals surface area (Å²) in [7, 11) is 0. The molecule has 1 amide bonds. The van der Waals surface area contributed by atoms with Crippen molar-refractivity contribution in [2.45, 2.75) is 13.3 Å². The second-order valence-electron chi connectivity index (χ2n) is 4.42. The first-order valence-corrected chi connectivity index (χ1v) is 7.09. The van der Waals surface area contributed by atoms with Gasteiger partial charge in [-0.1, -0.05) is 40.9 Å². The molecule has 104 valence electrons. The third-order valence-corrected chi connectivity index (χ3v) is 3.82. The maximum atomic E-state index is 12.0. The minimum Gasteiger partial charge on any atom is -0.326 e. The zero-order valence-corrected chi connectivity index (χ0v) is 13.0. The summed E-state index contributed by atoms with van der Waals surface area (Å²) in [6.45, 7) is 1.88. The van der Waals surface area contributed by atoms with Crippen LogP contribution in [0.1, 0.15) is 11.1 Å². The molecule has 0 saturated carbocycles. The van der Waals surface area contributed by atoms with Crippen molar-refractivity contribution < 1.29 is 4.79 Å². The van der Waals surface area contributed by atoms with Gasteiger partial charge in [-0.2, -0.15) is 0 Å². The number of carbonyl (C=O) groups is 1. The molecule has 20 heavy (non-hydrogen) atoms. The lowest BCUT2D eigenvalue weighted by molar-refractivity contribution is -0.115. The lowest BCUT2D eigenvalue weighted by Gasteiger charge is -2.08. The fourth-order valence-corrected chi connectivity index (χ4v) is 2.36. The highest BCUT2D eigenvalue weighted by atomic mass is 35.5. The summed E-state index contributed by atoms with van der Waals surface area (Å²) in [6, 6.07) is 10.4. The Kier molecular flexibility index (Phi) is 4.92. The molecule has 0 atom stereocenters. The molecule has 0 radical (unpaired) electrons. The normalized spacial score (nSPS) is 10.4. The molecule has 0 aliphatic carbocycles. The standard InChI is InChI=1S/C15H12Cl3NO/c1-9-6-12(4-5-13(9)17)19-15(20)7-10-2-3-11(16)8-14(10)18/h2-6,8H,7H2,1H3,(H,19,20). The Morgan fingerprint density at radius 1 is 1.05 bits per heavy atom. The Hall–Kier alpha value is -1.22. The molecule has 1 N–H and O–H groups in total. The van der Waals surface area contributed by atoms with Crippen LogP contribution in [0, 0.1) is 6.92 Å². The van der Waals surface area contributed by atoms with Gasteiger partial charge in [0.05, 0.1) is 6.42 Å². The predicted octanol–water partition coefficient (Wildman–Crippen LogP) is 5.14. The van der Waals surface area contributed by atoms with Gasteiger partial charge in [-0.15, -0.1) is 0 Å². The summed E-state index contributed by atoms with van der Waals surface area (Å²) < 4.78 is 0. The van der Waals surface area contributed by atoms with E-state index < -0.39 is 0 Å².